The molecule has 1 N–H and O–H groups in total. The van der Waals surface area contributed by atoms with Gasteiger partial charge in [-0.3, -0.25) is 9.59 Å². The molecule has 27 heavy (non-hydrogen) atoms. The molecule has 2 aliphatic heterocycles. The van der Waals surface area contributed by atoms with Crippen LogP contribution in [0.25, 0.3) is 0 Å². The largest absolute Gasteiger partial charge is 0.497 e. The molecule has 0 radical (unpaired) electrons. The maximum absolute atomic E-state index is 13.3. The molecular formula is C21H31N3O3. The van der Waals surface area contributed by atoms with Crippen molar-refractivity contribution in [3.8, 4) is 5.75 Å². The molecule has 6 nitrogen and oxygen atoms in total. The average molecular weight is 373 g/mol. The van der Waals surface area contributed by atoms with Gasteiger partial charge in [0.15, 0.2) is 0 Å². The number of carbonyl (C=O) groups is 2. The van der Waals surface area contributed by atoms with E-state index < -0.39 is 0 Å². The van der Waals surface area contributed by atoms with Gasteiger partial charge in [-0.25, -0.2) is 0 Å². The Labute approximate surface area is 161 Å². The third-order valence-corrected chi connectivity index (χ3v) is 6.05. The third-order valence-electron chi connectivity index (χ3n) is 6.05. The molecule has 0 bridgehead atoms. The maximum atomic E-state index is 13.3. The van der Waals surface area contributed by atoms with Crippen LogP contribution in [-0.4, -0.2) is 62.5 Å². The third kappa shape index (κ3) is 4.26. The van der Waals surface area contributed by atoms with Gasteiger partial charge in [0.2, 0.25) is 11.8 Å². The van der Waals surface area contributed by atoms with Gasteiger partial charge in [0, 0.05) is 26.6 Å². The van der Waals surface area contributed by atoms with E-state index in [9.17, 15) is 9.59 Å². The molecule has 0 spiro atoms. The van der Waals surface area contributed by atoms with Gasteiger partial charge in [-0.1, -0.05) is 12.1 Å². The first-order chi connectivity index (χ1) is 13.0. The fraction of sp³-hybridized carbons (Fsp3) is 0.619. The minimum absolute atomic E-state index is 0.104. The summed E-state index contributed by atoms with van der Waals surface area (Å²) in [5, 5.41) is 3.24. The molecule has 1 aromatic carbocycles. The summed E-state index contributed by atoms with van der Waals surface area (Å²) >= 11 is 0. The summed E-state index contributed by atoms with van der Waals surface area (Å²) in [5.74, 6) is 1.54. The highest BCUT2D eigenvalue weighted by atomic mass is 16.5. The summed E-state index contributed by atoms with van der Waals surface area (Å²) in [6, 6.07) is 7.52. The molecular weight excluding hydrogens is 342 g/mol. The van der Waals surface area contributed by atoms with Crippen molar-refractivity contribution in [3.05, 3.63) is 29.8 Å². The van der Waals surface area contributed by atoms with Gasteiger partial charge < -0.3 is 19.9 Å². The second-order valence-electron chi connectivity index (χ2n) is 7.69. The number of likely N-dealkylation sites (tertiary alicyclic amines) is 2. The molecule has 2 saturated heterocycles. The molecule has 2 amide bonds. The van der Waals surface area contributed by atoms with E-state index in [1.807, 2.05) is 43.3 Å². The molecule has 2 unspecified atom stereocenters. The van der Waals surface area contributed by atoms with Crippen LogP contribution in [0.3, 0.4) is 0 Å². The predicted octanol–water partition coefficient (Wildman–Crippen LogP) is 2.06. The van der Waals surface area contributed by atoms with Crippen LogP contribution in [0.15, 0.2) is 24.3 Å². The van der Waals surface area contributed by atoms with E-state index in [0.717, 1.165) is 43.8 Å². The van der Waals surface area contributed by atoms with Gasteiger partial charge >= 0.3 is 0 Å². The number of ether oxygens (including phenoxy) is 1. The van der Waals surface area contributed by atoms with Gasteiger partial charge in [-0.2, -0.15) is 0 Å². The number of piperidine rings is 2. The minimum Gasteiger partial charge on any atom is -0.497 e. The van der Waals surface area contributed by atoms with Crippen LogP contribution in [0.1, 0.15) is 37.3 Å². The number of hydrogen-bond donors (Lipinski definition) is 1. The van der Waals surface area contributed by atoms with E-state index in [4.69, 9.17) is 4.74 Å². The van der Waals surface area contributed by atoms with Crippen LogP contribution in [0.2, 0.25) is 0 Å². The molecule has 3 rings (SSSR count). The molecule has 148 valence electrons. The van der Waals surface area contributed by atoms with Crippen LogP contribution in [0.5, 0.6) is 5.75 Å². The van der Waals surface area contributed by atoms with Crippen LogP contribution in [-0.2, 0) is 9.59 Å². The van der Waals surface area contributed by atoms with Crippen LogP contribution < -0.4 is 10.1 Å². The number of hydrogen-bond acceptors (Lipinski definition) is 4. The lowest BCUT2D eigenvalue weighted by atomic mass is 9.83. The van der Waals surface area contributed by atoms with Crippen molar-refractivity contribution in [1.82, 2.24) is 15.1 Å². The number of nitrogens with zero attached hydrogens (tertiary/aromatic N) is 2. The fourth-order valence-corrected chi connectivity index (χ4v) is 4.43. The Morgan fingerprint density at radius 3 is 2.44 bits per heavy atom. The summed E-state index contributed by atoms with van der Waals surface area (Å²) in [4.78, 5) is 29.4. The molecule has 0 saturated carbocycles. The van der Waals surface area contributed by atoms with E-state index in [1.165, 1.54) is 0 Å². The van der Waals surface area contributed by atoms with E-state index in [1.54, 1.807) is 12.0 Å². The van der Waals surface area contributed by atoms with Crippen molar-refractivity contribution in [2.24, 2.45) is 11.8 Å². The summed E-state index contributed by atoms with van der Waals surface area (Å²) in [6.07, 6.45) is 3.15. The van der Waals surface area contributed by atoms with Crippen molar-refractivity contribution in [3.63, 3.8) is 0 Å². The smallest absolute Gasteiger partial charge is 0.228 e. The second-order valence-corrected chi connectivity index (χ2v) is 7.69. The fourth-order valence-electron chi connectivity index (χ4n) is 4.43. The van der Waals surface area contributed by atoms with Crippen molar-refractivity contribution in [1.29, 1.82) is 0 Å². The van der Waals surface area contributed by atoms with Crippen molar-refractivity contribution in [2.45, 2.75) is 31.7 Å². The van der Waals surface area contributed by atoms with Crippen LogP contribution in [0, 0.1) is 11.8 Å². The van der Waals surface area contributed by atoms with Gasteiger partial charge in [0.1, 0.15) is 5.75 Å². The van der Waals surface area contributed by atoms with E-state index in [-0.39, 0.29) is 23.8 Å². The quantitative estimate of drug-likeness (QED) is 0.858. The lowest BCUT2D eigenvalue weighted by molar-refractivity contribution is -0.147. The van der Waals surface area contributed by atoms with Gasteiger partial charge in [0.05, 0.1) is 19.1 Å². The summed E-state index contributed by atoms with van der Waals surface area (Å²) in [5.41, 5.74) is 0.995. The van der Waals surface area contributed by atoms with E-state index >= 15 is 0 Å². The Morgan fingerprint density at radius 2 is 1.85 bits per heavy atom. The van der Waals surface area contributed by atoms with Crippen molar-refractivity contribution < 1.29 is 14.3 Å². The zero-order chi connectivity index (χ0) is 19.4. The summed E-state index contributed by atoms with van der Waals surface area (Å²) < 4.78 is 5.24. The molecule has 2 fully saturated rings. The average Bonchev–Trinajstić information content (AvgIpc) is 2.70. The molecule has 0 aliphatic carbocycles. The zero-order valence-electron chi connectivity index (χ0n) is 16.6. The Balaban J connectivity index is 1.76. The normalized spacial score (nSPS) is 24.2. The minimum atomic E-state index is -0.209. The van der Waals surface area contributed by atoms with Gasteiger partial charge in [-0.15, -0.1) is 0 Å². The molecule has 6 heteroatoms. The van der Waals surface area contributed by atoms with Crippen LogP contribution >= 0.6 is 0 Å². The predicted molar refractivity (Wildman–Crippen MR) is 104 cm³/mol. The van der Waals surface area contributed by atoms with Crippen molar-refractivity contribution >= 4 is 11.8 Å². The van der Waals surface area contributed by atoms with E-state index in [2.05, 4.69) is 5.32 Å². The topological polar surface area (TPSA) is 61.9 Å². The molecule has 2 heterocycles. The summed E-state index contributed by atoms with van der Waals surface area (Å²) in [7, 11) is 5.43. The zero-order valence-corrected chi connectivity index (χ0v) is 16.6. The Kier molecular flexibility index (Phi) is 6.37. The SMILES string of the molecule is CNCC1CCN(C(=O)C2CCC(=O)N(C)C2c2ccc(OC)cc2)CC1. The first-order valence-corrected chi connectivity index (χ1v) is 9.88. The number of carbonyl (C=O) groups excluding carboxylic acids is 2. The number of amides is 2. The van der Waals surface area contributed by atoms with Crippen LogP contribution in [0.4, 0.5) is 0 Å². The first-order valence-electron chi connectivity index (χ1n) is 9.88. The summed E-state index contributed by atoms with van der Waals surface area (Å²) in [6.45, 7) is 2.64. The Bertz CT molecular complexity index is 653. The Hall–Kier alpha value is -2.08. The first kappa shape index (κ1) is 19.7. The lowest BCUT2D eigenvalue weighted by Gasteiger charge is -2.42. The highest BCUT2D eigenvalue weighted by Gasteiger charge is 2.41. The highest BCUT2D eigenvalue weighted by molar-refractivity contribution is 5.85. The molecule has 1 aromatic rings. The standard InChI is InChI=1S/C21H31N3O3/c1-22-14-15-10-12-24(13-11-15)21(26)18-8-9-19(25)23(2)20(18)16-4-6-17(27-3)7-5-16/h4-7,15,18,20,22H,8-14H2,1-3H3. The number of nitrogens with one attached hydrogen (secondary N) is 1. The maximum Gasteiger partial charge on any atom is 0.228 e. The van der Waals surface area contributed by atoms with E-state index in [0.29, 0.717) is 18.8 Å². The highest BCUT2D eigenvalue weighted by Crippen LogP contribution is 2.38. The number of benzene rings is 1. The second kappa shape index (κ2) is 8.74. The lowest BCUT2D eigenvalue weighted by Crippen LogP contribution is -2.49. The van der Waals surface area contributed by atoms with Crippen molar-refractivity contribution in [2.75, 3.05) is 40.8 Å². The monoisotopic (exact) mass is 373 g/mol. The molecule has 2 aliphatic rings. The van der Waals surface area contributed by atoms with Gasteiger partial charge in [-0.05, 0) is 56.5 Å². The molecule has 2 atom stereocenters. The number of rotatable bonds is 5. The number of methoxy groups -OCH3 is 1. The molecule has 0 aromatic heterocycles. The Morgan fingerprint density at radius 1 is 1.19 bits per heavy atom. The van der Waals surface area contributed by atoms with Gasteiger partial charge in [0.25, 0.3) is 0 Å².